The molecule has 0 atom stereocenters. The minimum atomic E-state index is -4.40. The smallest absolute Gasteiger partial charge is 0.406 e. The average molecular weight is 593 g/mol. The highest BCUT2D eigenvalue weighted by atomic mass is 32.2. The molecule has 1 aliphatic rings. The van der Waals surface area contributed by atoms with Crippen LogP contribution in [-0.2, 0) is 21.2 Å². The van der Waals surface area contributed by atoms with Crippen molar-refractivity contribution in [2.24, 2.45) is 0 Å². The van der Waals surface area contributed by atoms with Gasteiger partial charge in [-0.15, -0.1) is 0 Å². The van der Waals surface area contributed by atoms with Gasteiger partial charge in [-0.1, -0.05) is 11.8 Å². The Morgan fingerprint density at radius 1 is 1.15 bits per heavy atom. The van der Waals surface area contributed by atoms with Crippen molar-refractivity contribution in [2.45, 2.75) is 36.5 Å². The maximum absolute atomic E-state index is 13.2. The maximum atomic E-state index is 13.2. The van der Waals surface area contributed by atoms with Crippen molar-refractivity contribution >= 4 is 38.1 Å². The number of alkyl halides is 3. The molecule has 0 unspecified atom stereocenters. The number of rotatable bonds is 9. The van der Waals surface area contributed by atoms with E-state index in [4.69, 9.17) is 9.84 Å². The Bertz CT molecular complexity index is 1580. The van der Waals surface area contributed by atoms with Crippen LogP contribution in [0.2, 0.25) is 0 Å². The number of fused-ring (bicyclic) bond motifs is 1. The number of likely N-dealkylation sites (tertiary alicyclic amines) is 1. The molecule has 0 saturated carbocycles. The predicted octanol–water partition coefficient (Wildman–Crippen LogP) is 4.04. The number of carboxylic acids is 1. The number of methoxy groups -OCH3 is 1. The monoisotopic (exact) mass is 592 g/mol. The molecule has 9 nitrogen and oxygen atoms in total. The van der Waals surface area contributed by atoms with Crippen LogP contribution in [0.5, 0.6) is 5.75 Å². The van der Waals surface area contributed by atoms with Crippen LogP contribution in [-0.4, -0.2) is 80.7 Å². The molecule has 0 bridgehead atoms. The van der Waals surface area contributed by atoms with Gasteiger partial charge in [0.1, 0.15) is 12.3 Å². The fourth-order valence-electron chi connectivity index (χ4n) is 4.80. The second-order valence-corrected chi connectivity index (χ2v) is 11.9. The quantitative estimate of drug-likeness (QED) is 0.319. The minimum Gasteiger partial charge on any atom is -0.495 e. The fourth-order valence-corrected chi connectivity index (χ4v) is 5.44. The summed E-state index contributed by atoms with van der Waals surface area (Å²) in [5.41, 5.74) is 2.12. The van der Waals surface area contributed by atoms with Gasteiger partial charge in [-0.25, -0.2) is 8.42 Å². The number of nitrogens with zero attached hydrogens (tertiary/aromatic N) is 2. The van der Waals surface area contributed by atoms with E-state index in [1.54, 1.807) is 24.3 Å². The molecule has 4 rings (SSSR count). The number of aromatic nitrogens is 1. The number of hydrogen-bond acceptors (Lipinski definition) is 7. The Morgan fingerprint density at radius 3 is 2.51 bits per heavy atom. The third kappa shape index (κ3) is 8.08. The van der Waals surface area contributed by atoms with Gasteiger partial charge < -0.3 is 25.0 Å². The van der Waals surface area contributed by atoms with Gasteiger partial charge in [-0.05, 0) is 43.2 Å². The van der Waals surface area contributed by atoms with Crippen LogP contribution in [0.1, 0.15) is 18.4 Å². The lowest BCUT2D eigenvalue weighted by atomic mass is 10.0. The zero-order valence-corrected chi connectivity index (χ0v) is 23.4. The first-order valence-corrected chi connectivity index (χ1v) is 14.7. The molecule has 1 aliphatic heterocycles. The van der Waals surface area contributed by atoms with E-state index in [2.05, 4.69) is 22.5 Å². The predicted molar refractivity (Wildman–Crippen MR) is 150 cm³/mol. The van der Waals surface area contributed by atoms with Gasteiger partial charge >= 0.3 is 12.1 Å². The van der Waals surface area contributed by atoms with E-state index in [1.165, 1.54) is 25.4 Å². The molecule has 1 fully saturated rings. The van der Waals surface area contributed by atoms with Gasteiger partial charge in [0, 0.05) is 54.3 Å². The summed E-state index contributed by atoms with van der Waals surface area (Å²) in [6, 6.07) is 9.55. The van der Waals surface area contributed by atoms with Crippen molar-refractivity contribution in [2.75, 3.05) is 50.2 Å². The highest BCUT2D eigenvalue weighted by Gasteiger charge is 2.29. The number of benzene rings is 2. The summed E-state index contributed by atoms with van der Waals surface area (Å²) in [7, 11) is -1.98. The van der Waals surface area contributed by atoms with Crippen LogP contribution in [0.3, 0.4) is 0 Å². The first kappa shape index (κ1) is 30.1. The number of nitrogens with one attached hydrogen (secondary N) is 2. The third-order valence-electron chi connectivity index (χ3n) is 6.75. The van der Waals surface area contributed by atoms with Crippen LogP contribution in [0.4, 0.5) is 24.5 Å². The molecule has 1 saturated heterocycles. The molecule has 13 heteroatoms. The summed E-state index contributed by atoms with van der Waals surface area (Å²) in [5, 5.41) is 16.2. The standard InChI is InChI=1S/C28H31F3N4O5S/c1-40-26-16-21(41(2,38)39)5-6-23(26)32-10-3-4-19-14-24(33-20-7-11-34(12-8-20)17-27(36)37)22-9-13-35(25(22)15-19)18-28(29,30)31/h5-6,9,13-16,20,32-33H,7-8,10-12,17-18H2,1-2H3,(H,36,37). The number of halogens is 3. The van der Waals surface area contributed by atoms with Crippen LogP contribution in [0.25, 0.3) is 10.9 Å². The highest BCUT2D eigenvalue weighted by Crippen LogP contribution is 2.31. The molecular formula is C28H31F3N4O5S. The molecule has 2 heterocycles. The summed E-state index contributed by atoms with van der Waals surface area (Å²) >= 11 is 0. The third-order valence-corrected chi connectivity index (χ3v) is 7.86. The molecule has 2 aromatic carbocycles. The summed E-state index contributed by atoms with van der Waals surface area (Å²) in [5.74, 6) is 5.43. The summed E-state index contributed by atoms with van der Waals surface area (Å²) in [6.07, 6.45) is -0.499. The number of sulfone groups is 1. The number of carbonyl (C=O) groups is 1. The van der Waals surface area contributed by atoms with E-state index in [9.17, 15) is 26.4 Å². The number of piperidine rings is 1. The second-order valence-electron chi connectivity index (χ2n) is 9.89. The Morgan fingerprint density at radius 2 is 1.88 bits per heavy atom. The number of hydrogen-bond donors (Lipinski definition) is 3. The number of anilines is 2. The first-order valence-electron chi connectivity index (χ1n) is 12.8. The molecule has 0 radical (unpaired) electrons. The molecule has 220 valence electrons. The Hall–Kier alpha value is -3.89. The number of carboxylic acid groups (broad SMARTS) is 1. The normalized spacial score (nSPS) is 14.9. The molecule has 3 aromatic rings. The molecule has 3 N–H and O–H groups in total. The zero-order valence-electron chi connectivity index (χ0n) is 22.6. The maximum Gasteiger partial charge on any atom is 0.406 e. The number of ether oxygens (including phenoxy) is 1. The Kier molecular flexibility index (Phi) is 9.04. The van der Waals surface area contributed by atoms with Gasteiger partial charge in [-0.2, -0.15) is 13.2 Å². The Labute approximate surface area is 236 Å². The summed E-state index contributed by atoms with van der Waals surface area (Å²) in [4.78, 5) is 13.0. The summed E-state index contributed by atoms with van der Waals surface area (Å²) in [6.45, 7) is 0.209. The Balaban J connectivity index is 1.55. The first-order chi connectivity index (χ1) is 19.3. The highest BCUT2D eigenvalue weighted by molar-refractivity contribution is 7.90. The van der Waals surface area contributed by atoms with Crippen molar-refractivity contribution < 1.29 is 36.2 Å². The minimum absolute atomic E-state index is 0.0237. The van der Waals surface area contributed by atoms with Gasteiger partial charge in [0.05, 0.1) is 36.3 Å². The van der Waals surface area contributed by atoms with Crippen molar-refractivity contribution in [3.8, 4) is 17.6 Å². The SMILES string of the molecule is COc1cc(S(C)(=O)=O)ccc1NCC#Cc1cc(NC2CCN(CC(=O)O)CC2)c2ccn(CC(F)(F)F)c2c1. The molecule has 41 heavy (non-hydrogen) atoms. The van der Waals surface area contributed by atoms with Crippen LogP contribution >= 0.6 is 0 Å². The molecule has 1 aromatic heterocycles. The summed E-state index contributed by atoms with van der Waals surface area (Å²) < 4.78 is 69.8. The molecule has 0 amide bonds. The zero-order chi connectivity index (χ0) is 29.8. The van der Waals surface area contributed by atoms with E-state index in [1.807, 2.05) is 4.90 Å². The van der Waals surface area contributed by atoms with E-state index < -0.39 is 28.5 Å². The van der Waals surface area contributed by atoms with Crippen LogP contribution in [0, 0.1) is 11.8 Å². The average Bonchev–Trinajstić information content (AvgIpc) is 3.28. The second kappa shape index (κ2) is 12.3. The van der Waals surface area contributed by atoms with Crippen molar-refractivity contribution in [1.82, 2.24) is 9.47 Å². The largest absolute Gasteiger partial charge is 0.495 e. The molecule has 0 spiro atoms. The van der Waals surface area contributed by atoms with Gasteiger partial charge in [-0.3, -0.25) is 9.69 Å². The lowest BCUT2D eigenvalue weighted by Crippen LogP contribution is -2.41. The van der Waals surface area contributed by atoms with Crippen molar-refractivity contribution in [1.29, 1.82) is 0 Å². The van der Waals surface area contributed by atoms with E-state index in [0.29, 0.717) is 59.5 Å². The van der Waals surface area contributed by atoms with Gasteiger partial charge in [0.25, 0.3) is 0 Å². The lowest BCUT2D eigenvalue weighted by Gasteiger charge is -2.32. The van der Waals surface area contributed by atoms with Gasteiger partial charge in [0.15, 0.2) is 9.84 Å². The lowest BCUT2D eigenvalue weighted by molar-refractivity contribution is -0.140. The van der Waals surface area contributed by atoms with E-state index >= 15 is 0 Å². The van der Waals surface area contributed by atoms with E-state index in [0.717, 1.165) is 10.8 Å². The number of aliphatic carboxylic acids is 1. The van der Waals surface area contributed by atoms with Crippen LogP contribution < -0.4 is 15.4 Å². The van der Waals surface area contributed by atoms with E-state index in [-0.39, 0.29) is 24.0 Å². The fraction of sp³-hybridized carbons (Fsp3) is 0.393. The molecular weight excluding hydrogens is 561 g/mol. The van der Waals surface area contributed by atoms with Crippen molar-refractivity contribution in [3.05, 3.63) is 48.2 Å². The van der Waals surface area contributed by atoms with Crippen molar-refractivity contribution in [3.63, 3.8) is 0 Å². The topological polar surface area (TPSA) is 113 Å². The van der Waals surface area contributed by atoms with Crippen LogP contribution in [0.15, 0.2) is 47.5 Å². The molecule has 0 aliphatic carbocycles. The van der Waals surface area contributed by atoms with Gasteiger partial charge in [0.2, 0.25) is 0 Å².